The fourth-order valence-corrected chi connectivity index (χ4v) is 2.46. The normalized spacial score (nSPS) is 14.6. The summed E-state index contributed by atoms with van der Waals surface area (Å²) in [7, 11) is 0. The Morgan fingerprint density at radius 2 is 1.23 bits per heavy atom. The molecular weight excluding hydrogens is 416 g/mol. The molecule has 0 radical (unpaired) electrons. The second-order valence-corrected chi connectivity index (χ2v) is 7.47. The maximum absolute atomic E-state index is 12.6. The van der Waals surface area contributed by atoms with Crippen LogP contribution in [-0.2, 0) is 28.8 Å². The molecule has 0 aliphatic rings. The number of nitrogens with one attached hydrogen (secondary N) is 3. The van der Waals surface area contributed by atoms with Crippen LogP contribution in [0.2, 0.25) is 0 Å². The molecule has 0 aliphatic heterocycles. The van der Waals surface area contributed by atoms with Gasteiger partial charge in [-0.25, -0.2) is 4.79 Å². The van der Waals surface area contributed by atoms with E-state index < -0.39 is 72.6 Å². The third-order valence-corrected chi connectivity index (χ3v) is 4.03. The quantitative estimate of drug-likeness (QED) is 0.159. The Morgan fingerprint density at radius 1 is 0.742 bits per heavy atom. The molecule has 0 aliphatic carbocycles. The first kappa shape index (κ1) is 27.8. The summed E-state index contributed by atoms with van der Waals surface area (Å²) < 4.78 is 0. The molecule has 0 rings (SSSR count). The average Bonchev–Trinajstić information content (AvgIpc) is 2.62. The number of hydrogen-bond donors (Lipinski definition) is 7. The van der Waals surface area contributed by atoms with E-state index in [0.717, 1.165) is 0 Å². The second-order valence-electron chi connectivity index (χ2n) is 7.47. The number of carboxylic acids is 3. The molecule has 0 heterocycles. The number of amides is 3. The zero-order valence-electron chi connectivity index (χ0n) is 17.6. The van der Waals surface area contributed by atoms with E-state index in [9.17, 15) is 33.9 Å². The van der Waals surface area contributed by atoms with Crippen LogP contribution in [0.25, 0.3) is 0 Å². The first-order chi connectivity index (χ1) is 14.2. The van der Waals surface area contributed by atoms with Gasteiger partial charge in [0.15, 0.2) is 0 Å². The molecule has 13 heteroatoms. The fraction of sp³-hybridized carbons (Fsp3) is 0.667. The summed E-state index contributed by atoms with van der Waals surface area (Å²) in [5.74, 6) is -6.92. The van der Waals surface area contributed by atoms with Gasteiger partial charge in [-0.2, -0.15) is 0 Å². The highest BCUT2D eigenvalue weighted by atomic mass is 16.4. The number of aliphatic carboxylic acids is 3. The minimum absolute atomic E-state index is 0.0699. The van der Waals surface area contributed by atoms with Gasteiger partial charge in [-0.05, 0) is 25.7 Å². The third-order valence-electron chi connectivity index (χ3n) is 4.03. The standard InChI is InChI=1S/C18H30N4O9/c1-8(2)6-12(18(30)31)22-17(29)11(7-14(25)26)21-16(28)10(4-5-13(23)24)20-15(27)9(3)19/h8-12H,4-7,19H2,1-3H3,(H,20,27)(H,21,28)(H,22,29)(H,23,24)(H,25,26)(H,30,31)/t9-,10-,11-,12-/m0/s1. The smallest absolute Gasteiger partial charge is 0.326 e. The maximum atomic E-state index is 12.6. The highest BCUT2D eigenvalue weighted by Gasteiger charge is 2.31. The van der Waals surface area contributed by atoms with Gasteiger partial charge in [-0.3, -0.25) is 24.0 Å². The summed E-state index contributed by atoms with van der Waals surface area (Å²) in [4.78, 5) is 70.2. The Labute approximate surface area is 178 Å². The summed E-state index contributed by atoms with van der Waals surface area (Å²) >= 11 is 0. The van der Waals surface area contributed by atoms with Crippen LogP contribution >= 0.6 is 0 Å². The third kappa shape index (κ3) is 11.5. The lowest BCUT2D eigenvalue weighted by atomic mass is 10.0. The van der Waals surface area contributed by atoms with Crippen LogP contribution in [0.1, 0.15) is 46.5 Å². The Bertz CT molecular complexity index is 694. The Morgan fingerprint density at radius 3 is 1.65 bits per heavy atom. The first-order valence-electron chi connectivity index (χ1n) is 9.57. The van der Waals surface area contributed by atoms with Crippen molar-refractivity contribution >= 4 is 35.6 Å². The van der Waals surface area contributed by atoms with E-state index in [2.05, 4.69) is 16.0 Å². The van der Waals surface area contributed by atoms with Crippen molar-refractivity contribution in [2.75, 3.05) is 0 Å². The molecule has 13 nitrogen and oxygen atoms in total. The molecule has 0 saturated heterocycles. The zero-order chi connectivity index (χ0) is 24.3. The predicted molar refractivity (Wildman–Crippen MR) is 106 cm³/mol. The molecule has 31 heavy (non-hydrogen) atoms. The van der Waals surface area contributed by atoms with E-state index >= 15 is 0 Å². The van der Waals surface area contributed by atoms with Crippen LogP contribution in [0.5, 0.6) is 0 Å². The predicted octanol–water partition coefficient (Wildman–Crippen LogP) is -1.74. The number of hydrogen-bond acceptors (Lipinski definition) is 7. The Kier molecular flexibility index (Phi) is 11.8. The molecule has 0 spiro atoms. The van der Waals surface area contributed by atoms with Crippen LogP contribution in [0, 0.1) is 5.92 Å². The minimum atomic E-state index is -1.65. The molecule has 0 unspecified atom stereocenters. The number of rotatable bonds is 14. The average molecular weight is 446 g/mol. The minimum Gasteiger partial charge on any atom is -0.481 e. The molecule has 0 fully saturated rings. The maximum Gasteiger partial charge on any atom is 0.326 e. The lowest BCUT2D eigenvalue weighted by Crippen LogP contribution is -2.57. The van der Waals surface area contributed by atoms with Crippen LogP contribution < -0.4 is 21.7 Å². The number of carbonyl (C=O) groups excluding carboxylic acids is 3. The first-order valence-corrected chi connectivity index (χ1v) is 9.57. The molecule has 0 aromatic heterocycles. The largest absolute Gasteiger partial charge is 0.481 e. The van der Waals surface area contributed by atoms with E-state index in [1.54, 1.807) is 13.8 Å². The Balaban J connectivity index is 5.49. The van der Waals surface area contributed by atoms with Gasteiger partial charge in [-0.15, -0.1) is 0 Å². The van der Waals surface area contributed by atoms with Gasteiger partial charge in [0.05, 0.1) is 12.5 Å². The van der Waals surface area contributed by atoms with Gasteiger partial charge in [0.1, 0.15) is 18.1 Å². The van der Waals surface area contributed by atoms with Gasteiger partial charge in [-0.1, -0.05) is 13.8 Å². The number of carboxylic acid groups (broad SMARTS) is 3. The van der Waals surface area contributed by atoms with E-state index in [4.69, 9.17) is 15.9 Å². The van der Waals surface area contributed by atoms with Crippen molar-refractivity contribution in [2.45, 2.75) is 70.6 Å². The summed E-state index contributed by atoms with van der Waals surface area (Å²) in [6, 6.07) is -5.37. The lowest BCUT2D eigenvalue weighted by Gasteiger charge is -2.24. The van der Waals surface area contributed by atoms with Crippen molar-refractivity contribution in [3.05, 3.63) is 0 Å². The molecule has 0 bridgehead atoms. The lowest BCUT2D eigenvalue weighted by molar-refractivity contribution is -0.144. The zero-order valence-corrected chi connectivity index (χ0v) is 17.6. The summed E-state index contributed by atoms with van der Waals surface area (Å²) in [5.41, 5.74) is 5.42. The van der Waals surface area contributed by atoms with Gasteiger partial charge >= 0.3 is 17.9 Å². The summed E-state index contributed by atoms with van der Waals surface area (Å²) in [6.45, 7) is 4.79. The van der Waals surface area contributed by atoms with E-state index in [0.29, 0.717) is 0 Å². The van der Waals surface area contributed by atoms with Crippen LogP contribution in [0.4, 0.5) is 0 Å². The summed E-state index contributed by atoms with van der Waals surface area (Å²) in [6.07, 6.45) is -1.63. The van der Waals surface area contributed by atoms with Crippen molar-refractivity contribution in [2.24, 2.45) is 11.7 Å². The molecule has 0 saturated carbocycles. The fourth-order valence-electron chi connectivity index (χ4n) is 2.46. The number of carbonyl (C=O) groups is 6. The molecule has 3 amide bonds. The van der Waals surface area contributed by atoms with Crippen LogP contribution in [0.3, 0.4) is 0 Å². The van der Waals surface area contributed by atoms with Crippen molar-refractivity contribution in [1.82, 2.24) is 16.0 Å². The molecule has 176 valence electrons. The second kappa shape index (κ2) is 13.2. The highest BCUT2D eigenvalue weighted by Crippen LogP contribution is 2.07. The molecule has 0 aromatic rings. The van der Waals surface area contributed by atoms with Crippen LogP contribution in [-0.4, -0.2) is 75.1 Å². The van der Waals surface area contributed by atoms with Crippen molar-refractivity contribution < 1.29 is 44.1 Å². The van der Waals surface area contributed by atoms with Gasteiger partial charge < -0.3 is 37.0 Å². The van der Waals surface area contributed by atoms with E-state index in [1.165, 1.54) is 6.92 Å². The molecule has 8 N–H and O–H groups in total. The van der Waals surface area contributed by atoms with Crippen LogP contribution in [0.15, 0.2) is 0 Å². The van der Waals surface area contributed by atoms with E-state index in [-0.39, 0.29) is 18.8 Å². The van der Waals surface area contributed by atoms with Crippen molar-refractivity contribution in [3.8, 4) is 0 Å². The monoisotopic (exact) mass is 446 g/mol. The van der Waals surface area contributed by atoms with Gasteiger partial charge in [0, 0.05) is 6.42 Å². The topological polar surface area (TPSA) is 225 Å². The van der Waals surface area contributed by atoms with Crippen molar-refractivity contribution in [1.29, 1.82) is 0 Å². The van der Waals surface area contributed by atoms with Gasteiger partial charge in [0.2, 0.25) is 17.7 Å². The number of nitrogens with two attached hydrogens (primary N) is 1. The molecule has 4 atom stereocenters. The SMILES string of the molecule is CC(C)C[C@H](NC(=O)[C@H](CC(=O)O)NC(=O)[C@H](CCC(=O)O)NC(=O)[C@H](C)N)C(=O)O. The molecular formula is C18H30N4O9. The van der Waals surface area contributed by atoms with E-state index in [1.807, 2.05) is 0 Å². The van der Waals surface area contributed by atoms with Gasteiger partial charge in [0.25, 0.3) is 0 Å². The summed E-state index contributed by atoms with van der Waals surface area (Å²) in [5, 5.41) is 33.7. The van der Waals surface area contributed by atoms with Crippen molar-refractivity contribution in [3.63, 3.8) is 0 Å². The molecule has 0 aromatic carbocycles. The highest BCUT2D eigenvalue weighted by molar-refractivity contribution is 5.95. The Hall–Kier alpha value is -3.22.